The van der Waals surface area contributed by atoms with Crippen molar-refractivity contribution >= 4 is 28.7 Å². The van der Waals surface area contributed by atoms with Gasteiger partial charge in [-0.1, -0.05) is 18.2 Å². The largest absolute Gasteiger partial charge is 0.481 e. The number of aromatic nitrogens is 1. The van der Waals surface area contributed by atoms with Crippen LogP contribution in [0.2, 0.25) is 0 Å². The number of aliphatic carboxylic acids is 1. The van der Waals surface area contributed by atoms with E-state index in [2.05, 4.69) is 15.6 Å². The number of carboxylic acids is 1. The molecule has 2 aromatic rings. The second-order valence-electron chi connectivity index (χ2n) is 5.82. The summed E-state index contributed by atoms with van der Waals surface area (Å²) in [6, 6.07) is 9.20. The Kier molecular flexibility index (Phi) is 3.77. The maximum Gasteiger partial charge on any atom is 0.311 e. The van der Waals surface area contributed by atoms with Gasteiger partial charge in [0.25, 0.3) is 5.91 Å². The van der Waals surface area contributed by atoms with Crippen LogP contribution in [0.15, 0.2) is 30.3 Å². The molecular formula is C16H17N3O4. The third-order valence-electron chi connectivity index (χ3n) is 4.12. The van der Waals surface area contributed by atoms with Gasteiger partial charge in [-0.2, -0.15) is 0 Å². The van der Waals surface area contributed by atoms with E-state index >= 15 is 0 Å². The van der Waals surface area contributed by atoms with Crippen LogP contribution < -0.4 is 10.6 Å². The smallest absolute Gasteiger partial charge is 0.311 e. The molecule has 0 unspecified atom stereocenters. The summed E-state index contributed by atoms with van der Waals surface area (Å²) in [5.41, 5.74) is 0.416. The van der Waals surface area contributed by atoms with Crippen molar-refractivity contribution in [2.24, 2.45) is 5.41 Å². The van der Waals surface area contributed by atoms with Crippen LogP contribution >= 0.6 is 0 Å². The minimum atomic E-state index is -0.889. The highest BCUT2D eigenvalue weighted by molar-refractivity contribution is 5.99. The average molecular weight is 315 g/mol. The van der Waals surface area contributed by atoms with E-state index in [9.17, 15) is 14.4 Å². The number of aromatic amines is 1. The van der Waals surface area contributed by atoms with Gasteiger partial charge in [0, 0.05) is 17.4 Å². The first-order valence-electron chi connectivity index (χ1n) is 7.36. The monoisotopic (exact) mass is 315 g/mol. The number of carboxylic acid groups (broad SMARTS) is 1. The lowest BCUT2D eigenvalue weighted by atomic mass is 10.1. The SMILES string of the molecule is O=C(CNC(=O)c1cc2ccccc2[nH]1)NCC1(C(=O)O)CC1. The van der Waals surface area contributed by atoms with Gasteiger partial charge in [0.1, 0.15) is 5.69 Å². The minimum Gasteiger partial charge on any atom is -0.481 e. The number of hydrogen-bond acceptors (Lipinski definition) is 3. The first kappa shape index (κ1) is 15.1. The number of fused-ring (bicyclic) bond motifs is 1. The maximum atomic E-state index is 12.0. The molecular weight excluding hydrogens is 298 g/mol. The molecule has 120 valence electrons. The zero-order chi connectivity index (χ0) is 16.4. The summed E-state index contributed by atoms with van der Waals surface area (Å²) in [5, 5.41) is 15.0. The number of nitrogens with one attached hydrogen (secondary N) is 3. The quantitative estimate of drug-likeness (QED) is 0.634. The summed E-state index contributed by atoms with van der Waals surface area (Å²) >= 11 is 0. The number of carbonyl (C=O) groups excluding carboxylic acids is 2. The van der Waals surface area contributed by atoms with Crippen molar-refractivity contribution in [3.8, 4) is 0 Å². The molecule has 1 heterocycles. The van der Waals surface area contributed by atoms with E-state index in [0.29, 0.717) is 18.5 Å². The zero-order valence-electron chi connectivity index (χ0n) is 12.4. The summed E-state index contributed by atoms with van der Waals surface area (Å²) in [6.45, 7) is -0.0900. The molecule has 1 saturated carbocycles. The molecule has 2 amide bonds. The van der Waals surface area contributed by atoms with Crippen LogP contribution in [0.4, 0.5) is 0 Å². The Balaban J connectivity index is 1.50. The molecule has 7 nitrogen and oxygen atoms in total. The number of rotatable bonds is 6. The van der Waals surface area contributed by atoms with Crippen molar-refractivity contribution in [2.45, 2.75) is 12.8 Å². The molecule has 0 aliphatic heterocycles. The van der Waals surface area contributed by atoms with Crippen molar-refractivity contribution in [1.29, 1.82) is 0 Å². The van der Waals surface area contributed by atoms with E-state index in [4.69, 9.17) is 5.11 Å². The molecule has 1 aliphatic carbocycles. The Morgan fingerprint density at radius 3 is 2.57 bits per heavy atom. The molecule has 4 N–H and O–H groups in total. The number of para-hydroxylation sites is 1. The number of carbonyl (C=O) groups is 3. The molecule has 0 atom stereocenters. The standard InChI is InChI=1S/C16H17N3O4/c20-13(18-9-16(5-6-16)15(22)23)8-17-14(21)12-7-10-3-1-2-4-11(10)19-12/h1-4,7,19H,5-6,8-9H2,(H,17,21)(H,18,20)(H,22,23). The number of benzene rings is 1. The Labute approximate surface area is 132 Å². The van der Waals surface area contributed by atoms with Gasteiger partial charge in [0.05, 0.1) is 12.0 Å². The van der Waals surface area contributed by atoms with E-state index in [1.54, 1.807) is 6.07 Å². The average Bonchev–Trinajstić information content (AvgIpc) is 3.21. The van der Waals surface area contributed by atoms with Crippen molar-refractivity contribution < 1.29 is 19.5 Å². The van der Waals surface area contributed by atoms with E-state index in [0.717, 1.165) is 10.9 Å². The number of H-pyrrole nitrogens is 1. The summed E-state index contributed by atoms with van der Waals surface area (Å²) in [6.07, 6.45) is 1.15. The molecule has 1 aromatic carbocycles. The van der Waals surface area contributed by atoms with Crippen molar-refractivity contribution in [2.75, 3.05) is 13.1 Å². The molecule has 23 heavy (non-hydrogen) atoms. The summed E-state index contributed by atoms with van der Waals surface area (Å²) in [4.78, 5) is 37.7. The molecule has 7 heteroatoms. The Bertz CT molecular complexity index is 743. The van der Waals surface area contributed by atoms with Crippen molar-refractivity contribution in [3.63, 3.8) is 0 Å². The third kappa shape index (κ3) is 3.18. The molecule has 0 spiro atoms. The van der Waals surface area contributed by atoms with Gasteiger partial charge in [-0.3, -0.25) is 14.4 Å². The topological polar surface area (TPSA) is 111 Å². The summed E-state index contributed by atoms with van der Waals surface area (Å²) < 4.78 is 0. The highest BCUT2D eigenvalue weighted by Gasteiger charge is 2.50. The number of hydrogen-bond donors (Lipinski definition) is 4. The van der Waals surface area contributed by atoms with E-state index in [1.165, 1.54) is 0 Å². The fourth-order valence-corrected chi connectivity index (χ4v) is 2.40. The Morgan fingerprint density at radius 1 is 1.17 bits per heavy atom. The highest BCUT2D eigenvalue weighted by Crippen LogP contribution is 2.45. The second-order valence-corrected chi connectivity index (χ2v) is 5.82. The van der Waals surface area contributed by atoms with Crippen LogP contribution in [0.1, 0.15) is 23.3 Å². The van der Waals surface area contributed by atoms with Gasteiger partial charge in [0.2, 0.25) is 5.91 Å². The molecule has 1 aliphatic rings. The zero-order valence-corrected chi connectivity index (χ0v) is 12.4. The molecule has 0 saturated heterocycles. The Morgan fingerprint density at radius 2 is 1.91 bits per heavy atom. The Hall–Kier alpha value is -2.83. The van der Waals surface area contributed by atoms with E-state index in [-0.39, 0.29) is 19.0 Å². The maximum absolute atomic E-state index is 12.0. The lowest BCUT2D eigenvalue weighted by Crippen LogP contribution is -2.40. The normalized spacial score (nSPS) is 15.1. The highest BCUT2D eigenvalue weighted by atomic mass is 16.4. The lowest BCUT2D eigenvalue weighted by molar-refractivity contribution is -0.143. The summed E-state index contributed by atoms with van der Waals surface area (Å²) in [5.74, 6) is -1.67. The van der Waals surface area contributed by atoms with Crippen LogP contribution in [0.5, 0.6) is 0 Å². The lowest BCUT2D eigenvalue weighted by Gasteiger charge is -2.11. The molecule has 1 aromatic heterocycles. The van der Waals surface area contributed by atoms with Gasteiger partial charge < -0.3 is 20.7 Å². The van der Waals surface area contributed by atoms with Gasteiger partial charge >= 0.3 is 5.97 Å². The fourth-order valence-electron chi connectivity index (χ4n) is 2.40. The first-order valence-corrected chi connectivity index (χ1v) is 7.36. The third-order valence-corrected chi connectivity index (χ3v) is 4.12. The fraction of sp³-hybridized carbons (Fsp3) is 0.312. The van der Waals surface area contributed by atoms with Gasteiger partial charge in [-0.05, 0) is 25.0 Å². The second kappa shape index (κ2) is 5.75. The van der Waals surface area contributed by atoms with Gasteiger partial charge in [0.15, 0.2) is 0 Å². The predicted octanol–water partition coefficient (Wildman–Crippen LogP) is 0.879. The van der Waals surface area contributed by atoms with E-state index < -0.39 is 17.3 Å². The molecule has 0 radical (unpaired) electrons. The van der Waals surface area contributed by atoms with Crippen LogP contribution in [0, 0.1) is 5.41 Å². The van der Waals surface area contributed by atoms with Crippen molar-refractivity contribution in [3.05, 3.63) is 36.0 Å². The minimum absolute atomic E-state index is 0.101. The predicted molar refractivity (Wildman–Crippen MR) is 82.9 cm³/mol. The van der Waals surface area contributed by atoms with E-state index in [1.807, 2.05) is 24.3 Å². The van der Waals surface area contributed by atoms with Crippen LogP contribution in [-0.4, -0.2) is 41.0 Å². The molecule has 3 rings (SSSR count). The first-order chi connectivity index (χ1) is 11.0. The van der Waals surface area contributed by atoms with Gasteiger partial charge in [-0.25, -0.2) is 0 Å². The van der Waals surface area contributed by atoms with Gasteiger partial charge in [-0.15, -0.1) is 0 Å². The summed E-state index contributed by atoms with van der Waals surface area (Å²) in [7, 11) is 0. The van der Waals surface area contributed by atoms with Crippen LogP contribution in [-0.2, 0) is 9.59 Å². The van der Waals surface area contributed by atoms with Crippen LogP contribution in [0.25, 0.3) is 10.9 Å². The van der Waals surface area contributed by atoms with Crippen molar-refractivity contribution in [1.82, 2.24) is 15.6 Å². The number of amides is 2. The van der Waals surface area contributed by atoms with Crippen LogP contribution in [0.3, 0.4) is 0 Å². The molecule has 0 bridgehead atoms. The molecule has 1 fully saturated rings.